The van der Waals surface area contributed by atoms with E-state index in [4.69, 9.17) is 14.2 Å². The van der Waals surface area contributed by atoms with Crippen molar-refractivity contribution in [1.29, 1.82) is 0 Å². The fourth-order valence-electron chi connectivity index (χ4n) is 5.17. The molecule has 5 heteroatoms. The normalized spacial score (nSPS) is 12.2. The molecule has 3 nitrogen and oxygen atoms in total. The van der Waals surface area contributed by atoms with Crippen LogP contribution in [-0.4, -0.2) is 14.2 Å². The van der Waals surface area contributed by atoms with Gasteiger partial charge in [-0.15, -0.1) is 0 Å². The van der Waals surface area contributed by atoms with Gasteiger partial charge in [-0.2, -0.15) is 0 Å². The van der Waals surface area contributed by atoms with Crippen LogP contribution in [0.5, 0.6) is 23.0 Å². The summed E-state index contributed by atoms with van der Waals surface area (Å²) >= 11 is 0. The monoisotopic (exact) mass is 598 g/mol. The highest BCUT2D eigenvalue weighted by Crippen LogP contribution is 2.43. The predicted octanol–water partition coefficient (Wildman–Crippen LogP) is 7.01. The maximum atomic E-state index is 6.99. The molecule has 0 aliphatic rings. The molecule has 0 saturated heterocycles. The van der Waals surface area contributed by atoms with Gasteiger partial charge in [0.15, 0.2) is 0 Å². The zero-order chi connectivity index (χ0) is 29.4. The molecule has 0 fully saturated rings. The van der Waals surface area contributed by atoms with E-state index in [1.54, 1.807) is 14.2 Å². The maximum Gasteiger partial charge on any atom is 0.135 e. The third-order valence-electron chi connectivity index (χ3n) is 7.11. The summed E-state index contributed by atoms with van der Waals surface area (Å²) < 4.78 is 18.7. The third-order valence-corrected chi connectivity index (χ3v) is 12.1. The number of hydrogen-bond donors (Lipinski definition) is 0. The lowest BCUT2D eigenvalue weighted by atomic mass is 10.3. The average molecular weight is 599 g/mol. The molecule has 6 aromatic rings. The highest BCUT2D eigenvalue weighted by molar-refractivity contribution is 7.80. The third kappa shape index (κ3) is 6.20. The van der Waals surface area contributed by atoms with E-state index in [1.807, 2.05) is 36.4 Å². The van der Waals surface area contributed by atoms with Crippen molar-refractivity contribution < 1.29 is 14.2 Å². The topological polar surface area (TPSA) is 27.7 Å². The minimum atomic E-state index is -0.975. The Labute approximate surface area is 256 Å². The number of ether oxygens (including phenoxy) is 3. The van der Waals surface area contributed by atoms with Crippen molar-refractivity contribution >= 4 is 47.7 Å². The lowest BCUT2D eigenvalue weighted by Crippen LogP contribution is -2.25. The molecule has 0 amide bonds. The molecule has 0 aromatic heterocycles. The Morgan fingerprint density at radius 3 is 0.953 bits per heavy atom. The lowest BCUT2D eigenvalue weighted by molar-refractivity contribution is 0.418. The molecule has 6 aromatic carbocycles. The van der Waals surface area contributed by atoms with Gasteiger partial charge in [-0.3, -0.25) is 0 Å². The number of rotatable bonds is 10. The van der Waals surface area contributed by atoms with Crippen LogP contribution >= 0.6 is 15.8 Å². The summed E-state index contributed by atoms with van der Waals surface area (Å²) in [6.45, 7) is 0. The lowest BCUT2D eigenvalue weighted by Gasteiger charge is -2.26. The van der Waals surface area contributed by atoms with Gasteiger partial charge in [0.2, 0.25) is 0 Å². The zero-order valence-corrected chi connectivity index (χ0v) is 25.9. The second-order valence-corrected chi connectivity index (χ2v) is 14.0. The highest BCUT2D eigenvalue weighted by atomic mass is 31.1. The van der Waals surface area contributed by atoms with Crippen molar-refractivity contribution in [2.45, 2.75) is 0 Å². The molecule has 0 aliphatic carbocycles. The quantitative estimate of drug-likeness (QED) is 0.159. The van der Waals surface area contributed by atoms with Crippen molar-refractivity contribution in [3.05, 3.63) is 158 Å². The van der Waals surface area contributed by atoms with Crippen LogP contribution in [0.15, 0.2) is 158 Å². The van der Waals surface area contributed by atoms with Gasteiger partial charge in [0.25, 0.3) is 0 Å². The highest BCUT2D eigenvalue weighted by Gasteiger charge is 2.26. The minimum Gasteiger partial charge on any atom is -0.496 e. The van der Waals surface area contributed by atoms with Gasteiger partial charge in [0.1, 0.15) is 23.0 Å². The summed E-state index contributed by atoms with van der Waals surface area (Å²) in [4.78, 5) is 0. The molecule has 212 valence electrons. The average Bonchev–Trinajstić information content (AvgIpc) is 3.08. The van der Waals surface area contributed by atoms with Crippen LogP contribution in [0, 0.1) is 0 Å². The molecule has 0 N–H and O–H groups in total. The molecule has 2 atom stereocenters. The second-order valence-electron chi connectivity index (χ2n) is 9.72. The summed E-state index contributed by atoms with van der Waals surface area (Å²) in [6, 6.07) is 54.7. The summed E-state index contributed by atoms with van der Waals surface area (Å²) in [5, 5.41) is 7.01. The molecular weight excluding hydrogens is 566 g/mol. The van der Waals surface area contributed by atoms with Gasteiger partial charge in [0.05, 0.1) is 14.2 Å². The maximum absolute atomic E-state index is 6.99. The summed E-state index contributed by atoms with van der Waals surface area (Å²) in [5.41, 5.74) is 0. The van der Waals surface area contributed by atoms with Crippen molar-refractivity contribution in [1.82, 2.24) is 0 Å². The van der Waals surface area contributed by atoms with Gasteiger partial charge < -0.3 is 14.2 Å². The molecule has 0 radical (unpaired) electrons. The molecule has 0 aliphatic heterocycles. The second kappa shape index (κ2) is 13.7. The Balaban J connectivity index is 1.50. The molecule has 0 bridgehead atoms. The molecule has 0 heterocycles. The first kappa shape index (κ1) is 28.7. The van der Waals surface area contributed by atoms with Gasteiger partial charge in [0, 0.05) is 21.2 Å². The minimum absolute atomic E-state index is 0.832. The fourth-order valence-corrected chi connectivity index (χ4v) is 10.1. The number of benzene rings is 6. The fraction of sp³-hybridized carbons (Fsp3) is 0.0526. The molecule has 0 spiro atoms. The first-order valence-electron chi connectivity index (χ1n) is 14.1. The van der Waals surface area contributed by atoms with Gasteiger partial charge in [-0.1, -0.05) is 133 Å². The Bertz CT molecular complexity index is 1660. The SMILES string of the molecule is COc1ccccc1[P@](c1ccccc1)c1ccccc1Oc1ccccc1[P@@](c1ccccc1)c1ccccc1OC. The number of para-hydroxylation sites is 4. The standard InChI is InChI=1S/C38H32O3P2/c1-39-31-21-9-13-25-35(31)42(29-17-5-3-6-18-29)37-27-15-11-23-33(37)41-34-24-12-16-28-38(34)43(30-19-7-4-8-20-30)36-26-14-10-22-32(36)40-2/h3-28H,1-2H3/t42-,43-/m0/s1. The predicted molar refractivity (Wildman–Crippen MR) is 183 cm³/mol. The van der Waals surface area contributed by atoms with E-state index < -0.39 is 15.8 Å². The molecular formula is C38H32O3P2. The zero-order valence-electron chi connectivity index (χ0n) is 24.1. The van der Waals surface area contributed by atoms with Gasteiger partial charge in [-0.25, -0.2) is 0 Å². The molecule has 0 unspecified atom stereocenters. The summed E-state index contributed by atoms with van der Waals surface area (Å²) in [7, 11) is 1.52. The van der Waals surface area contributed by atoms with Crippen molar-refractivity contribution in [3.8, 4) is 23.0 Å². The van der Waals surface area contributed by atoms with Gasteiger partial charge in [-0.05, 0) is 50.7 Å². The van der Waals surface area contributed by atoms with Crippen LogP contribution in [0.2, 0.25) is 0 Å². The van der Waals surface area contributed by atoms with E-state index in [0.29, 0.717) is 0 Å². The largest absolute Gasteiger partial charge is 0.496 e. The van der Waals surface area contributed by atoms with E-state index in [2.05, 4.69) is 121 Å². The Hall–Kier alpha value is -4.42. The van der Waals surface area contributed by atoms with Gasteiger partial charge >= 0.3 is 0 Å². The van der Waals surface area contributed by atoms with E-state index >= 15 is 0 Å². The number of hydrogen-bond acceptors (Lipinski definition) is 3. The summed E-state index contributed by atoms with van der Waals surface area (Å²) in [5.74, 6) is 3.41. The van der Waals surface area contributed by atoms with Crippen LogP contribution < -0.4 is 46.0 Å². The van der Waals surface area contributed by atoms with Crippen molar-refractivity contribution in [2.75, 3.05) is 14.2 Å². The smallest absolute Gasteiger partial charge is 0.135 e. The van der Waals surface area contributed by atoms with Crippen molar-refractivity contribution in [3.63, 3.8) is 0 Å². The molecule has 43 heavy (non-hydrogen) atoms. The Kier molecular flexibility index (Phi) is 9.14. The number of methoxy groups -OCH3 is 2. The van der Waals surface area contributed by atoms with E-state index in [9.17, 15) is 0 Å². The Morgan fingerprint density at radius 2 is 0.605 bits per heavy atom. The Morgan fingerprint density at radius 1 is 0.326 bits per heavy atom. The summed E-state index contributed by atoms with van der Waals surface area (Å²) in [6.07, 6.45) is 0. The van der Waals surface area contributed by atoms with Crippen LogP contribution in [-0.2, 0) is 0 Å². The van der Waals surface area contributed by atoms with Crippen LogP contribution in [0.1, 0.15) is 0 Å². The molecule has 0 saturated carbocycles. The van der Waals surface area contributed by atoms with Crippen molar-refractivity contribution in [2.24, 2.45) is 0 Å². The first-order chi connectivity index (χ1) is 21.3. The first-order valence-corrected chi connectivity index (χ1v) is 16.8. The van der Waals surface area contributed by atoms with Crippen LogP contribution in [0.4, 0.5) is 0 Å². The molecule has 6 rings (SSSR count). The van der Waals surface area contributed by atoms with Crippen LogP contribution in [0.25, 0.3) is 0 Å². The van der Waals surface area contributed by atoms with E-state index in [1.165, 1.54) is 10.6 Å². The van der Waals surface area contributed by atoms with Crippen LogP contribution in [0.3, 0.4) is 0 Å². The van der Waals surface area contributed by atoms with E-state index in [0.717, 1.165) is 44.2 Å². The van der Waals surface area contributed by atoms with E-state index in [-0.39, 0.29) is 0 Å².